The van der Waals surface area contributed by atoms with Crippen LogP contribution in [0, 0.1) is 0 Å². The number of rotatable bonds is 11. The number of nitrogens with zero attached hydrogens (tertiary/aromatic N) is 4. The number of aliphatic hydroxyl groups excluding tert-OH is 5. The lowest BCUT2D eigenvalue weighted by atomic mass is 9.90. The molecule has 18 nitrogen and oxygen atoms in total. The monoisotopic (exact) mass is 665 g/mol. The zero-order valence-electron chi connectivity index (χ0n) is 21.1. The minimum Gasteiger partial charge on any atom is -0.393 e. The van der Waals surface area contributed by atoms with Gasteiger partial charge in [-0.15, -0.1) is 0 Å². The predicted octanol–water partition coefficient (Wildman–Crippen LogP) is -2.09. The van der Waals surface area contributed by atoms with E-state index in [-0.39, 0.29) is 17.2 Å². The highest BCUT2D eigenvalue weighted by Gasteiger charge is 2.57. The normalized spacial score (nSPS) is 37.3. The summed E-state index contributed by atoms with van der Waals surface area (Å²) in [5.74, 6) is -0.0771. The molecule has 9 N–H and O–H groups in total. The number of anilines is 1. The number of phosphoric ester groups is 1. The van der Waals surface area contributed by atoms with Gasteiger partial charge in [0.2, 0.25) is 5.95 Å². The predicted molar refractivity (Wildman–Crippen MR) is 136 cm³/mol. The van der Waals surface area contributed by atoms with Crippen molar-refractivity contribution in [3.63, 3.8) is 0 Å². The van der Waals surface area contributed by atoms with Crippen LogP contribution in [0.4, 0.5) is 14.7 Å². The summed E-state index contributed by atoms with van der Waals surface area (Å²) in [6, 6.07) is 0. The molecule has 0 spiro atoms. The number of alkyl halides is 2. The van der Waals surface area contributed by atoms with Gasteiger partial charge >= 0.3 is 14.5 Å². The number of fused-ring (bicyclic) bond motifs is 1. The first kappa shape index (κ1) is 33.2. The molecule has 236 valence electrons. The van der Waals surface area contributed by atoms with Gasteiger partial charge in [0.25, 0.3) is 0 Å². The fourth-order valence-electron chi connectivity index (χ4n) is 4.33. The summed E-state index contributed by atoms with van der Waals surface area (Å²) < 4.78 is 67.9. The van der Waals surface area contributed by atoms with Crippen molar-refractivity contribution >= 4 is 37.9 Å². The van der Waals surface area contributed by atoms with Crippen LogP contribution in [0.5, 0.6) is 0 Å². The second-order valence-electron chi connectivity index (χ2n) is 9.16. The van der Waals surface area contributed by atoms with Crippen molar-refractivity contribution in [2.45, 2.75) is 60.9 Å². The molecule has 4 rings (SSSR count). The van der Waals surface area contributed by atoms with E-state index in [0.717, 1.165) is 16.9 Å². The zero-order chi connectivity index (χ0) is 31.2. The van der Waals surface area contributed by atoms with E-state index in [9.17, 15) is 39.2 Å². The lowest BCUT2D eigenvalue weighted by Gasteiger charge is -2.41. The molecule has 0 aliphatic carbocycles. The van der Waals surface area contributed by atoms with E-state index in [1.807, 2.05) is 0 Å². The smallest absolute Gasteiger partial charge is 0.393 e. The van der Waals surface area contributed by atoms with Gasteiger partial charge in [-0.3, -0.25) is 4.52 Å². The average molecular weight is 665 g/mol. The van der Waals surface area contributed by atoms with Crippen molar-refractivity contribution in [2.75, 3.05) is 18.9 Å². The molecule has 2 aliphatic heterocycles. The lowest BCUT2D eigenvalue weighted by molar-refractivity contribution is -0.287. The number of nitrogen functional groups attached to an aromatic ring is 1. The van der Waals surface area contributed by atoms with Gasteiger partial charge in [0.15, 0.2) is 23.8 Å². The van der Waals surface area contributed by atoms with E-state index >= 15 is 4.39 Å². The molecule has 2 aromatic rings. The van der Waals surface area contributed by atoms with Gasteiger partial charge in [-0.25, -0.2) is 27.6 Å². The van der Waals surface area contributed by atoms with Gasteiger partial charge in [-0.2, -0.15) is 9.61 Å². The molecule has 0 saturated carbocycles. The number of nitrogens with two attached hydrogens (primary N) is 1. The highest BCUT2D eigenvalue weighted by atomic mass is 32.5. The van der Waals surface area contributed by atoms with Crippen LogP contribution >= 0.6 is 14.5 Å². The minimum atomic E-state index is -5.55. The molecule has 0 bridgehead atoms. The molecule has 2 saturated heterocycles. The lowest BCUT2D eigenvalue weighted by Crippen LogP contribution is -2.60. The Balaban J connectivity index is 1.44. The van der Waals surface area contributed by atoms with E-state index in [4.69, 9.17) is 24.8 Å². The third kappa shape index (κ3) is 6.41. The highest BCUT2D eigenvalue weighted by Crippen LogP contribution is 2.62. The molecule has 7 unspecified atom stereocenters. The van der Waals surface area contributed by atoms with E-state index in [1.165, 1.54) is 6.20 Å². The van der Waals surface area contributed by atoms with Crippen molar-refractivity contribution in [2.24, 2.45) is 0 Å². The number of halogens is 2. The Bertz CT molecular complexity index is 1400. The summed E-state index contributed by atoms with van der Waals surface area (Å²) >= 11 is 4.69. The first-order chi connectivity index (χ1) is 19.5. The molecule has 2 aliphatic rings. The van der Waals surface area contributed by atoms with Crippen LogP contribution in [0.1, 0.15) is 11.7 Å². The van der Waals surface area contributed by atoms with Crippen LogP contribution in [0.2, 0.25) is 0 Å². The van der Waals surface area contributed by atoms with Gasteiger partial charge in [0, 0.05) is 5.56 Å². The number of ether oxygens (including phenoxy) is 2. The zero-order valence-corrected chi connectivity index (χ0v) is 23.7. The fraction of sp³-hybridized carbons (Fsp3) is 0.632. The third-order valence-electron chi connectivity index (χ3n) is 6.45. The molecule has 23 heteroatoms. The molecule has 0 aromatic carbocycles. The second-order valence-corrected chi connectivity index (χ2v) is 13.5. The maximum atomic E-state index is 15.9. The molecule has 42 heavy (non-hydrogen) atoms. The number of hydrogen-bond donors (Lipinski definition) is 8. The fourth-order valence-corrected chi connectivity index (χ4v) is 7.43. The van der Waals surface area contributed by atoms with Crippen LogP contribution in [0.15, 0.2) is 25.2 Å². The maximum Gasteiger partial charge on any atom is 0.481 e. The quantitative estimate of drug-likeness (QED) is 0.0943. The van der Waals surface area contributed by atoms with E-state index in [0.29, 0.717) is 0 Å². The Kier molecular flexibility index (Phi) is 9.81. The summed E-state index contributed by atoms with van der Waals surface area (Å²) in [6.45, 7) is -3.48. The summed E-state index contributed by atoms with van der Waals surface area (Å²) in [7, 11) is -5.55. The van der Waals surface area contributed by atoms with Crippen LogP contribution in [0.3, 0.4) is 0 Å². The van der Waals surface area contributed by atoms with Gasteiger partial charge in [-0.1, -0.05) is 6.58 Å². The highest BCUT2D eigenvalue weighted by molar-refractivity contribution is 8.08. The van der Waals surface area contributed by atoms with Gasteiger partial charge in [0.1, 0.15) is 49.1 Å². The number of aromatic nitrogens is 4. The van der Waals surface area contributed by atoms with Crippen molar-refractivity contribution in [1.29, 1.82) is 0 Å². The van der Waals surface area contributed by atoms with Crippen LogP contribution in [0.25, 0.3) is 5.65 Å². The van der Waals surface area contributed by atoms with E-state index in [2.05, 4.69) is 42.3 Å². The molecule has 0 radical (unpaired) electrons. The van der Waals surface area contributed by atoms with E-state index < -0.39 is 88.6 Å². The molecule has 0 amide bonds. The van der Waals surface area contributed by atoms with Gasteiger partial charge in [0.05, 0.1) is 19.4 Å². The molecule has 12 atom stereocenters. The Labute approximate surface area is 239 Å². The number of phosphoric acid groups is 1. The second kappa shape index (κ2) is 12.4. The molecular formula is C19H27F2N5O13P2S. The standard InChI is InChI=1S/C19H27F2N5O13P2S/c1-2-19(21)14(31)9(36-15(19)7-3-25-26-16(7)23-6-24-18(26)22)5-35-41(34,42)39-40(32,33)38-17-12(30)10(28)11(29)13(37-17)8(20)4-27/h2-3,6,8-15,17,27-31H,1,4-5H2,(H,32,33)(H,34,42)(H2,22,23,24)/t8-,9+,10?,11?,12?,13?,14+,15-,17?,19+,41?/m0/s1. The molecule has 2 aromatic heterocycles. The maximum absolute atomic E-state index is 15.9. The van der Waals surface area contributed by atoms with Gasteiger partial charge in [-0.05, 0) is 17.9 Å². The van der Waals surface area contributed by atoms with Crippen LogP contribution < -0.4 is 5.73 Å². The van der Waals surface area contributed by atoms with Crippen LogP contribution in [-0.4, -0.2) is 123 Å². The number of aliphatic hydroxyl groups is 5. The number of hydrogen-bond acceptors (Lipinski definition) is 16. The largest absolute Gasteiger partial charge is 0.481 e. The Morgan fingerprint density at radius 2 is 1.93 bits per heavy atom. The average Bonchev–Trinajstić information content (AvgIpc) is 3.46. The first-order valence-corrected chi connectivity index (χ1v) is 15.9. The molecular weight excluding hydrogens is 638 g/mol. The third-order valence-corrected chi connectivity index (χ3v) is 9.97. The topological polar surface area (TPSA) is 274 Å². The van der Waals surface area contributed by atoms with Gasteiger partial charge < -0.3 is 55.1 Å². The summed E-state index contributed by atoms with van der Waals surface area (Å²) in [5.41, 5.74) is 3.14. The first-order valence-electron chi connectivity index (χ1n) is 11.8. The summed E-state index contributed by atoms with van der Waals surface area (Å²) in [4.78, 5) is 28.2. The van der Waals surface area contributed by atoms with Crippen molar-refractivity contribution in [1.82, 2.24) is 19.6 Å². The Morgan fingerprint density at radius 1 is 1.24 bits per heavy atom. The SMILES string of the molecule is C=C[C@@]1(F)[C@H](O)[C@@H](COP(O)(=S)OP(=O)(O)OC2OC([C@@H](F)CO)C(O)C(O)C2O)O[C@H]1c1cnn2c(N)ncnc12. The minimum absolute atomic E-state index is 0.0364. The molecule has 4 heterocycles. The summed E-state index contributed by atoms with van der Waals surface area (Å²) in [6.07, 6.45) is -15.2. The van der Waals surface area contributed by atoms with Crippen molar-refractivity contribution in [3.05, 3.63) is 30.7 Å². The van der Waals surface area contributed by atoms with E-state index in [1.54, 1.807) is 0 Å². The Hall–Kier alpha value is -1.65. The van der Waals surface area contributed by atoms with Crippen molar-refractivity contribution < 1.29 is 71.5 Å². The Morgan fingerprint density at radius 3 is 2.57 bits per heavy atom. The summed E-state index contributed by atoms with van der Waals surface area (Å²) in [5, 5.41) is 53.4. The van der Waals surface area contributed by atoms with Crippen molar-refractivity contribution in [3.8, 4) is 0 Å². The van der Waals surface area contributed by atoms with Crippen LogP contribution in [-0.2, 0) is 39.2 Å². The molecule has 2 fully saturated rings.